The highest BCUT2D eigenvalue weighted by atomic mass is 16.6. The van der Waals surface area contributed by atoms with Crippen molar-refractivity contribution >= 4 is 11.9 Å². The van der Waals surface area contributed by atoms with Crippen LogP contribution in [-0.2, 0) is 14.3 Å². The van der Waals surface area contributed by atoms with Gasteiger partial charge in [-0.05, 0) is 44.6 Å². The predicted molar refractivity (Wildman–Crippen MR) is 93.4 cm³/mol. The second kappa shape index (κ2) is 9.39. The molecule has 0 saturated heterocycles. The molecule has 1 aromatic carbocycles. The summed E-state index contributed by atoms with van der Waals surface area (Å²) in [6.07, 6.45) is -1.65. The van der Waals surface area contributed by atoms with Gasteiger partial charge in [0, 0.05) is 19.2 Å². The summed E-state index contributed by atoms with van der Waals surface area (Å²) in [6.45, 7) is 7.10. The van der Waals surface area contributed by atoms with Crippen molar-refractivity contribution in [3.63, 3.8) is 0 Å². The van der Waals surface area contributed by atoms with E-state index in [1.54, 1.807) is 19.1 Å². The number of methoxy groups -OCH3 is 1. The van der Waals surface area contributed by atoms with Crippen LogP contribution in [-0.4, -0.2) is 62.4 Å². The molecule has 7 nitrogen and oxygen atoms in total. The van der Waals surface area contributed by atoms with Crippen LogP contribution >= 0.6 is 0 Å². The number of hydrogen-bond acceptors (Lipinski definition) is 6. The van der Waals surface area contributed by atoms with E-state index in [-0.39, 0.29) is 5.92 Å². The van der Waals surface area contributed by atoms with E-state index in [2.05, 4.69) is 4.74 Å². The van der Waals surface area contributed by atoms with E-state index in [1.807, 2.05) is 32.8 Å². The van der Waals surface area contributed by atoms with Crippen LogP contribution in [0.5, 0.6) is 11.5 Å². The largest absolute Gasteiger partial charge is 0.492 e. The Bertz CT molecular complexity index is 612. The molecule has 140 valence electrons. The highest BCUT2D eigenvalue weighted by molar-refractivity contribution is 5.98. The number of carbonyl (C=O) groups excluding carboxylic acids is 1. The third-order valence-corrected chi connectivity index (χ3v) is 3.61. The topological polar surface area (TPSA) is 85.3 Å². The van der Waals surface area contributed by atoms with Crippen molar-refractivity contribution in [2.75, 3.05) is 34.4 Å². The maximum Gasteiger partial charge on any atom is 0.352 e. The Morgan fingerprint density at radius 2 is 1.84 bits per heavy atom. The first-order valence-electron chi connectivity index (χ1n) is 8.06. The van der Waals surface area contributed by atoms with Gasteiger partial charge in [0.05, 0.1) is 0 Å². The van der Waals surface area contributed by atoms with Gasteiger partial charge in [0.25, 0.3) is 6.10 Å². The normalized spacial score (nSPS) is 12.3. The Labute approximate surface area is 148 Å². The molecular formula is C18H27NO6. The van der Waals surface area contributed by atoms with E-state index in [1.165, 1.54) is 0 Å². The minimum atomic E-state index is -1.65. The smallest absolute Gasteiger partial charge is 0.352 e. The van der Waals surface area contributed by atoms with Gasteiger partial charge in [0.2, 0.25) is 0 Å². The number of aryl methyl sites for hydroxylation is 1. The number of esters is 1. The molecule has 0 aliphatic heterocycles. The van der Waals surface area contributed by atoms with Crippen LogP contribution in [0.3, 0.4) is 0 Å². The van der Waals surface area contributed by atoms with Crippen LogP contribution in [0.25, 0.3) is 0 Å². The van der Waals surface area contributed by atoms with Gasteiger partial charge in [0.1, 0.15) is 18.1 Å². The Morgan fingerprint density at radius 3 is 2.32 bits per heavy atom. The lowest BCUT2D eigenvalue weighted by Gasteiger charge is -2.19. The van der Waals surface area contributed by atoms with Gasteiger partial charge in [0.15, 0.2) is 0 Å². The lowest BCUT2D eigenvalue weighted by molar-refractivity contribution is -0.161. The Morgan fingerprint density at radius 1 is 1.20 bits per heavy atom. The summed E-state index contributed by atoms with van der Waals surface area (Å²) in [7, 11) is 5.08. The van der Waals surface area contributed by atoms with Gasteiger partial charge in [-0.1, -0.05) is 13.8 Å². The minimum absolute atomic E-state index is 0.144. The number of hydrogen-bond donors (Lipinski definition) is 1. The SMILES string of the molecule is COC(C(=O)O)C(=O)Oc1cc(C(C)C)c(OCCN(C)C)cc1C. The van der Waals surface area contributed by atoms with Gasteiger partial charge < -0.3 is 24.2 Å². The molecule has 0 spiro atoms. The number of carboxylic acids is 1. The molecule has 0 bridgehead atoms. The molecule has 1 N–H and O–H groups in total. The average Bonchev–Trinajstić information content (AvgIpc) is 2.49. The molecule has 1 aromatic rings. The van der Waals surface area contributed by atoms with E-state index in [0.717, 1.165) is 25.0 Å². The minimum Gasteiger partial charge on any atom is -0.492 e. The molecule has 0 fully saturated rings. The molecule has 0 amide bonds. The summed E-state index contributed by atoms with van der Waals surface area (Å²) >= 11 is 0. The lowest BCUT2D eigenvalue weighted by atomic mass is 9.99. The maximum atomic E-state index is 12.0. The molecule has 25 heavy (non-hydrogen) atoms. The third-order valence-electron chi connectivity index (χ3n) is 3.61. The number of benzene rings is 1. The fraction of sp³-hybridized carbons (Fsp3) is 0.556. The number of carbonyl (C=O) groups is 2. The van der Waals surface area contributed by atoms with Crippen molar-refractivity contribution in [1.29, 1.82) is 0 Å². The monoisotopic (exact) mass is 353 g/mol. The average molecular weight is 353 g/mol. The Hall–Kier alpha value is -2.12. The molecule has 0 saturated carbocycles. The second-order valence-electron chi connectivity index (χ2n) is 6.34. The number of likely N-dealkylation sites (N-methyl/N-ethyl adjacent to an activating group) is 1. The number of rotatable bonds is 9. The van der Waals surface area contributed by atoms with E-state index >= 15 is 0 Å². The van der Waals surface area contributed by atoms with Crippen LogP contribution in [0.1, 0.15) is 30.9 Å². The first-order chi connectivity index (χ1) is 11.7. The van der Waals surface area contributed by atoms with Gasteiger partial charge in [-0.15, -0.1) is 0 Å². The summed E-state index contributed by atoms with van der Waals surface area (Å²) in [6, 6.07) is 3.52. The zero-order valence-electron chi connectivity index (χ0n) is 15.7. The van der Waals surface area contributed by atoms with Crippen LogP contribution in [0.2, 0.25) is 0 Å². The van der Waals surface area contributed by atoms with Gasteiger partial charge in [-0.3, -0.25) is 0 Å². The quantitative estimate of drug-likeness (QED) is 0.413. The molecule has 7 heteroatoms. The lowest BCUT2D eigenvalue weighted by Crippen LogP contribution is -2.35. The summed E-state index contributed by atoms with van der Waals surface area (Å²) in [4.78, 5) is 25.0. The fourth-order valence-electron chi connectivity index (χ4n) is 2.16. The fourth-order valence-corrected chi connectivity index (χ4v) is 2.16. The van der Waals surface area contributed by atoms with Gasteiger partial charge in [-0.2, -0.15) is 0 Å². The molecule has 0 aliphatic carbocycles. The third kappa shape index (κ3) is 6.03. The van der Waals surface area contributed by atoms with Crippen LogP contribution in [0.15, 0.2) is 12.1 Å². The van der Waals surface area contributed by atoms with Gasteiger partial charge >= 0.3 is 11.9 Å². The second-order valence-corrected chi connectivity index (χ2v) is 6.34. The summed E-state index contributed by atoms with van der Waals surface area (Å²) in [5.74, 6) is -1.18. The maximum absolute atomic E-state index is 12.0. The molecule has 1 atom stereocenters. The zero-order chi connectivity index (χ0) is 19.1. The molecule has 0 aromatic heterocycles. The molecule has 0 radical (unpaired) electrons. The van der Waals surface area contributed by atoms with Crippen molar-refractivity contribution in [3.05, 3.63) is 23.3 Å². The number of ether oxygens (including phenoxy) is 3. The van der Waals surface area contributed by atoms with Crippen LogP contribution in [0.4, 0.5) is 0 Å². The first kappa shape index (κ1) is 20.9. The Balaban J connectivity index is 3.04. The standard InChI is InChI=1S/C18H27NO6/c1-11(2)13-10-14(25-18(22)16(23-6)17(20)21)12(3)9-15(13)24-8-7-19(4)5/h9-11,16H,7-8H2,1-6H3,(H,20,21). The summed E-state index contributed by atoms with van der Waals surface area (Å²) in [5, 5.41) is 8.97. The highest BCUT2D eigenvalue weighted by Crippen LogP contribution is 2.33. The van der Waals surface area contributed by atoms with E-state index in [0.29, 0.717) is 17.9 Å². The number of aliphatic carboxylic acids is 1. The van der Waals surface area contributed by atoms with E-state index in [9.17, 15) is 9.59 Å². The van der Waals surface area contributed by atoms with E-state index in [4.69, 9.17) is 14.6 Å². The van der Waals surface area contributed by atoms with E-state index < -0.39 is 18.0 Å². The molecule has 0 heterocycles. The van der Waals surface area contributed by atoms with Crippen molar-refractivity contribution in [3.8, 4) is 11.5 Å². The van der Waals surface area contributed by atoms with Crippen molar-refractivity contribution in [2.45, 2.75) is 32.8 Å². The zero-order valence-corrected chi connectivity index (χ0v) is 15.7. The molecular weight excluding hydrogens is 326 g/mol. The summed E-state index contributed by atoms with van der Waals surface area (Å²) in [5.41, 5.74) is 1.56. The molecule has 0 aliphatic rings. The summed E-state index contributed by atoms with van der Waals surface area (Å²) < 4.78 is 15.8. The van der Waals surface area contributed by atoms with Crippen LogP contribution < -0.4 is 9.47 Å². The first-order valence-corrected chi connectivity index (χ1v) is 8.06. The Kier molecular flexibility index (Phi) is 7.86. The predicted octanol–water partition coefficient (Wildman–Crippen LogP) is 2.06. The van der Waals surface area contributed by atoms with Crippen molar-refractivity contribution < 1.29 is 28.9 Å². The molecule has 1 rings (SSSR count). The highest BCUT2D eigenvalue weighted by Gasteiger charge is 2.29. The van der Waals surface area contributed by atoms with Crippen LogP contribution in [0, 0.1) is 6.92 Å². The van der Waals surface area contributed by atoms with Crippen molar-refractivity contribution in [2.24, 2.45) is 0 Å². The number of nitrogens with zero attached hydrogens (tertiary/aromatic N) is 1. The van der Waals surface area contributed by atoms with Crippen molar-refractivity contribution in [1.82, 2.24) is 4.90 Å². The number of carboxylic acid groups (broad SMARTS) is 1. The van der Waals surface area contributed by atoms with Gasteiger partial charge in [-0.25, -0.2) is 9.59 Å². The molecule has 1 unspecified atom stereocenters.